The fourth-order valence-corrected chi connectivity index (χ4v) is 5.72. The van der Waals surface area contributed by atoms with Crippen molar-refractivity contribution >= 4 is 18.0 Å². The van der Waals surface area contributed by atoms with Crippen LogP contribution in [0.4, 0.5) is 4.79 Å². The number of carbonyl (C=O) groups is 3. The van der Waals surface area contributed by atoms with E-state index >= 15 is 0 Å². The Kier molecular flexibility index (Phi) is 6.26. The van der Waals surface area contributed by atoms with E-state index in [1.165, 1.54) is 22.3 Å². The average Bonchev–Trinajstić information content (AvgIpc) is 3.36. The van der Waals surface area contributed by atoms with Gasteiger partial charge >= 0.3 is 12.1 Å². The molecule has 7 nitrogen and oxygen atoms in total. The Morgan fingerprint density at radius 2 is 1.56 bits per heavy atom. The summed E-state index contributed by atoms with van der Waals surface area (Å²) < 4.78 is 5.67. The number of hydrogen-bond donors (Lipinski definition) is 3. The Labute approximate surface area is 198 Å². The topological polar surface area (TPSA) is 105 Å². The van der Waals surface area contributed by atoms with Gasteiger partial charge in [0.2, 0.25) is 5.91 Å². The number of nitrogens with one attached hydrogen (secondary N) is 2. The first kappa shape index (κ1) is 22.4. The molecule has 2 atom stereocenters. The van der Waals surface area contributed by atoms with Gasteiger partial charge in [-0.05, 0) is 53.9 Å². The van der Waals surface area contributed by atoms with Gasteiger partial charge < -0.3 is 20.5 Å². The Bertz CT molecular complexity index is 1050. The lowest BCUT2D eigenvalue weighted by atomic mass is 9.80. The van der Waals surface area contributed by atoms with Crippen molar-refractivity contribution in [2.24, 2.45) is 11.8 Å². The standard InChI is InChI=1S/C27H30N2O5/c30-25(28-18-12-17(13-18)26(31)32)14-16-6-5-11-24(16)29-27(33)34-15-23-21-9-3-1-7-19(21)20-8-2-4-10-22(20)23/h1-4,7-10,16-18,23-24H,5-6,11-15H2,(H,28,30)(H,29,33)(H,31,32). The van der Waals surface area contributed by atoms with Gasteiger partial charge in [-0.1, -0.05) is 55.0 Å². The van der Waals surface area contributed by atoms with Crippen LogP contribution in [0.25, 0.3) is 11.1 Å². The minimum Gasteiger partial charge on any atom is -0.481 e. The fourth-order valence-electron chi connectivity index (χ4n) is 5.72. The maximum atomic E-state index is 12.7. The van der Waals surface area contributed by atoms with Gasteiger partial charge in [0.15, 0.2) is 0 Å². The van der Waals surface area contributed by atoms with Gasteiger partial charge in [-0.25, -0.2) is 4.79 Å². The molecule has 0 spiro atoms. The molecule has 2 fully saturated rings. The summed E-state index contributed by atoms with van der Waals surface area (Å²) in [5, 5.41) is 14.9. The molecule has 178 valence electrons. The van der Waals surface area contributed by atoms with E-state index < -0.39 is 12.1 Å². The third-order valence-electron chi connectivity index (χ3n) is 7.61. The number of hydrogen-bond acceptors (Lipinski definition) is 4. The smallest absolute Gasteiger partial charge is 0.407 e. The molecule has 3 N–H and O–H groups in total. The molecule has 0 heterocycles. The summed E-state index contributed by atoms with van der Waals surface area (Å²) in [5.74, 6) is -1.13. The maximum absolute atomic E-state index is 12.7. The van der Waals surface area contributed by atoms with Crippen LogP contribution in [0.2, 0.25) is 0 Å². The fraction of sp³-hybridized carbons (Fsp3) is 0.444. The zero-order valence-corrected chi connectivity index (χ0v) is 19.0. The molecular weight excluding hydrogens is 432 g/mol. The Hall–Kier alpha value is -3.35. The van der Waals surface area contributed by atoms with Crippen LogP contribution in [-0.4, -0.2) is 41.8 Å². The van der Waals surface area contributed by atoms with E-state index in [0.717, 1.165) is 19.3 Å². The largest absolute Gasteiger partial charge is 0.481 e. The van der Waals surface area contributed by atoms with E-state index in [2.05, 4.69) is 34.9 Å². The van der Waals surface area contributed by atoms with Crippen molar-refractivity contribution in [1.82, 2.24) is 10.6 Å². The summed E-state index contributed by atoms with van der Waals surface area (Å²) in [6.07, 6.45) is 3.54. The van der Waals surface area contributed by atoms with E-state index in [4.69, 9.17) is 9.84 Å². The van der Waals surface area contributed by atoms with E-state index in [9.17, 15) is 14.4 Å². The van der Waals surface area contributed by atoms with Gasteiger partial charge in [-0.15, -0.1) is 0 Å². The second-order valence-corrected chi connectivity index (χ2v) is 9.74. The molecule has 0 aromatic heterocycles. The highest BCUT2D eigenvalue weighted by Crippen LogP contribution is 2.44. The molecule has 0 bridgehead atoms. The highest BCUT2D eigenvalue weighted by molar-refractivity contribution is 5.79. The van der Waals surface area contributed by atoms with Crippen LogP contribution < -0.4 is 10.6 Å². The van der Waals surface area contributed by atoms with Crippen LogP contribution in [0.3, 0.4) is 0 Å². The quantitative estimate of drug-likeness (QED) is 0.576. The first-order valence-electron chi connectivity index (χ1n) is 12.1. The number of ether oxygens (including phenoxy) is 1. The van der Waals surface area contributed by atoms with Crippen LogP contribution in [0.5, 0.6) is 0 Å². The molecule has 34 heavy (non-hydrogen) atoms. The molecule has 2 unspecified atom stereocenters. The van der Waals surface area contributed by atoms with Crippen molar-refractivity contribution in [3.63, 3.8) is 0 Å². The third kappa shape index (κ3) is 4.52. The maximum Gasteiger partial charge on any atom is 0.407 e. The summed E-state index contributed by atoms with van der Waals surface area (Å²) in [4.78, 5) is 36.0. The molecule has 2 aromatic rings. The molecule has 0 saturated heterocycles. The highest BCUT2D eigenvalue weighted by Gasteiger charge is 2.37. The highest BCUT2D eigenvalue weighted by atomic mass is 16.5. The van der Waals surface area contributed by atoms with Crippen molar-refractivity contribution in [3.8, 4) is 11.1 Å². The zero-order valence-electron chi connectivity index (χ0n) is 19.0. The number of alkyl carbamates (subject to hydrolysis) is 1. The lowest BCUT2D eigenvalue weighted by Gasteiger charge is -2.33. The number of benzene rings is 2. The monoisotopic (exact) mass is 462 g/mol. The molecule has 3 aliphatic carbocycles. The summed E-state index contributed by atoms with van der Waals surface area (Å²) in [5.41, 5.74) is 4.73. The minimum atomic E-state index is -0.798. The van der Waals surface area contributed by atoms with E-state index in [1.54, 1.807) is 0 Å². The van der Waals surface area contributed by atoms with Gasteiger partial charge in [0, 0.05) is 24.4 Å². The lowest BCUT2D eigenvalue weighted by molar-refractivity contribution is -0.146. The molecule has 2 amide bonds. The number of carbonyl (C=O) groups excluding carboxylic acids is 2. The molecule has 2 aromatic carbocycles. The van der Waals surface area contributed by atoms with Gasteiger partial charge in [0.1, 0.15) is 6.61 Å². The average molecular weight is 463 g/mol. The molecule has 2 saturated carbocycles. The number of aliphatic carboxylic acids is 1. The van der Waals surface area contributed by atoms with Crippen molar-refractivity contribution in [1.29, 1.82) is 0 Å². The molecule has 5 rings (SSSR count). The summed E-state index contributed by atoms with van der Waals surface area (Å²) in [6, 6.07) is 16.3. The third-order valence-corrected chi connectivity index (χ3v) is 7.61. The Morgan fingerprint density at radius 3 is 2.21 bits per heavy atom. The Balaban J connectivity index is 1.12. The van der Waals surface area contributed by atoms with Gasteiger partial charge in [-0.3, -0.25) is 9.59 Å². The van der Waals surface area contributed by atoms with Crippen LogP contribution in [0, 0.1) is 11.8 Å². The van der Waals surface area contributed by atoms with Crippen LogP contribution in [0.15, 0.2) is 48.5 Å². The summed E-state index contributed by atoms with van der Waals surface area (Å²) in [6.45, 7) is 0.268. The first-order valence-corrected chi connectivity index (χ1v) is 12.1. The van der Waals surface area contributed by atoms with Crippen LogP contribution >= 0.6 is 0 Å². The van der Waals surface area contributed by atoms with Gasteiger partial charge in [-0.2, -0.15) is 0 Å². The van der Waals surface area contributed by atoms with Crippen molar-refractivity contribution in [2.75, 3.05) is 6.61 Å². The number of rotatable bonds is 7. The Morgan fingerprint density at radius 1 is 0.912 bits per heavy atom. The minimum absolute atomic E-state index is 0.0143. The summed E-state index contributed by atoms with van der Waals surface area (Å²) in [7, 11) is 0. The van der Waals surface area contributed by atoms with E-state index in [0.29, 0.717) is 19.3 Å². The molecule has 3 aliphatic rings. The predicted octanol–water partition coefficient (Wildman–Crippen LogP) is 4.06. The molecule has 0 radical (unpaired) electrons. The predicted molar refractivity (Wildman–Crippen MR) is 126 cm³/mol. The van der Waals surface area contributed by atoms with Crippen molar-refractivity contribution < 1.29 is 24.2 Å². The second-order valence-electron chi connectivity index (χ2n) is 9.74. The van der Waals surface area contributed by atoms with E-state index in [-0.39, 0.29) is 42.4 Å². The summed E-state index contributed by atoms with van der Waals surface area (Å²) >= 11 is 0. The molecule has 7 heteroatoms. The SMILES string of the molecule is O=C(CC1CCCC1NC(=O)OCC1c2ccccc2-c2ccccc21)NC1CC(C(=O)O)C1. The normalized spacial score (nSPS) is 25.1. The van der Waals surface area contributed by atoms with Crippen LogP contribution in [-0.2, 0) is 14.3 Å². The lowest BCUT2D eigenvalue weighted by Crippen LogP contribution is -2.47. The number of amides is 2. The van der Waals surface area contributed by atoms with Crippen molar-refractivity contribution in [3.05, 3.63) is 59.7 Å². The molecule has 0 aliphatic heterocycles. The van der Waals surface area contributed by atoms with E-state index in [1.807, 2.05) is 24.3 Å². The van der Waals surface area contributed by atoms with Gasteiger partial charge in [0.05, 0.1) is 5.92 Å². The van der Waals surface area contributed by atoms with Crippen molar-refractivity contribution in [2.45, 2.75) is 56.5 Å². The van der Waals surface area contributed by atoms with Crippen LogP contribution in [0.1, 0.15) is 55.6 Å². The number of fused-ring (bicyclic) bond motifs is 3. The molecular formula is C27H30N2O5. The number of carboxylic acid groups (broad SMARTS) is 1. The number of carboxylic acids is 1. The zero-order chi connectivity index (χ0) is 23.7. The first-order chi connectivity index (χ1) is 16.5. The second kappa shape index (κ2) is 9.49. The van der Waals surface area contributed by atoms with Gasteiger partial charge in [0.25, 0.3) is 0 Å².